The third-order valence-electron chi connectivity index (χ3n) is 3.44. The van der Waals surface area contributed by atoms with Gasteiger partial charge in [-0.2, -0.15) is 0 Å². The van der Waals surface area contributed by atoms with E-state index in [-0.39, 0.29) is 18.4 Å². The average Bonchev–Trinajstić information content (AvgIpc) is 3.01. The minimum absolute atomic E-state index is 0.163. The van der Waals surface area contributed by atoms with Gasteiger partial charge >= 0.3 is 0 Å². The molecule has 0 aliphatic rings. The van der Waals surface area contributed by atoms with Crippen LogP contribution in [0.4, 0.5) is 10.8 Å². The maximum atomic E-state index is 12.1. The quantitative estimate of drug-likeness (QED) is 0.648. The van der Waals surface area contributed by atoms with E-state index in [0.29, 0.717) is 23.2 Å². The van der Waals surface area contributed by atoms with Gasteiger partial charge in [-0.1, -0.05) is 17.4 Å². The van der Waals surface area contributed by atoms with E-state index in [9.17, 15) is 9.59 Å². The molecule has 2 aromatic carbocycles. The number of thiazole rings is 1. The Morgan fingerprint density at radius 2 is 1.89 bits per heavy atom. The van der Waals surface area contributed by atoms with Crippen LogP contribution in [-0.2, 0) is 9.59 Å². The number of amides is 2. The van der Waals surface area contributed by atoms with E-state index in [2.05, 4.69) is 15.6 Å². The normalized spacial score (nSPS) is 10.4. The van der Waals surface area contributed by atoms with Gasteiger partial charge in [-0.15, -0.1) is 0 Å². The molecule has 0 atom stereocenters. The molecule has 0 unspecified atom stereocenters. The second-order valence-corrected chi connectivity index (χ2v) is 6.66. The molecular weight excluding hydrogens is 366 g/mol. The van der Waals surface area contributed by atoms with Gasteiger partial charge < -0.3 is 14.8 Å². The summed E-state index contributed by atoms with van der Waals surface area (Å²) in [6.45, 7) is 3.78. The SMILES string of the molecule is CCOc1ccc2nc(NC(=O)COc3cccc(NC(C)=O)c3)sc2c1. The van der Waals surface area contributed by atoms with Crippen molar-refractivity contribution in [2.75, 3.05) is 23.8 Å². The molecule has 2 N–H and O–H groups in total. The molecule has 8 heteroatoms. The predicted octanol–water partition coefficient (Wildman–Crippen LogP) is 3.67. The summed E-state index contributed by atoms with van der Waals surface area (Å²) in [4.78, 5) is 27.6. The number of nitrogens with zero attached hydrogens (tertiary/aromatic N) is 1. The summed E-state index contributed by atoms with van der Waals surface area (Å²) in [5, 5.41) is 5.90. The number of anilines is 2. The molecule has 2 amide bonds. The molecule has 0 saturated heterocycles. The zero-order chi connectivity index (χ0) is 19.2. The highest BCUT2D eigenvalue weighted by Crippen LogP contribution is 2.29. The number of aromatic nitrogens is 1. The van der Waals surface area contributed by atoms with E-state index < -0.39 is 0 Å². The number of ether oxygens (including phenoxy) is 2. The van der Waals surface area contributed by atoms with Gasteiger partial charge in [0.1, 0.15) is 11.5 Å². The molecule has 140 valence electrons. The average molecular weight is 385 g/mol. The summed E-state index contributed by atoms with van der Waals surface area (Å²) in [5.74, 6) is 0.771. The lowest BCUT2D eigenvalue weighted by Gasteiger charge is -2.08. The molecule has 1 heterocycles. The first-order chi connectivity index (χ1) is 13.0. The Morgan fingerprint density at radius 1 is 1.07 bits per heavy atom. The van der Waals surface area contributed by atoms with Crippen LogP contribution in [0.1, 0.15) is 13.8 Å². The third-order valence-corrected chi connectivity index (χ3v) is 4.38. The highest BCUT2D eigenvalue weighted by molar-refractivity contribution is 7.22. The van der Waals surface area contributed by atoms with Crippen LogP contribution in [0.25, 0.3) is 10.2 Å². The summed E-state index contributed by atoms with van der Waals surface area (Å²) >= 11 is 1.37. The van der Waals surface area contributed by atoms with Crippen molar-refractivity contribution in [1.29, 1.82) is 0 Å². The fourth-order valence-corrected chi connectivity index (χ4v) is 3.30. The lowest BCUT2D eigenvalue weighted by Crippen LogP contribution is -2.20. The van der Waals surface area contributed by atoms with Gasteiger partial charge in [-0.3, -0.25) is 14.9 Å². The number of carbonyl (C=O) groups is 2. The van der Waals surface area contributed by atoms with E-state index in [1.54, 1.807) is 24.3 Å². The molecule has 0 radical (unpaired) electrons. The Labute approximate surface area is 160 Å². The van der Waals surface area contributed by atoms with Gasteiger partial charge in [-0.05, 0) is 37.3 Å². The van der Waals surface area contributed by atoms with Gasteiger partial charge in [0.15, 0.2) is 11.7 Å². The van der Waals surface area contributed by atoms with Crippen LogP contribution in [0.15, 0.2) is 42.5 Å². The number of fused-ring (bicyclic) bond motifs is 1. The zero-order valence-corrected chi connectivity index (χ0v) is 15.8. The first-order valence-electron chi connectivity index (χ1n) is 8.37. The smallest absolute Gasteiger partial charge is 0.264 e. The number of nitrogens with one attached hydrogen (secondary N) is 2. The fraction of sp³-hybridized carbons (Fsp3) is 0.211. The number of rotatable bonds is 7. The molecule has 0 saturated carbocycles. The number of hydrogen-bond acceptors (Lipinski definition) is 6. The molecule has 0 aliphatic carbocycles. The van der Waals surface area contributed by atoms with Crippen molar-refractivity contribution in [2.24, 2.45) is 0 Å². The topological polar surface area (TPSA) is 89.6 Å². The van der Waals surface area contributed by atoms with Crippen molar-refractivity contribution >= 4 is 44.2 Å². The predicted molar refractivity (Wildman–Crippen MR) is 106 cm³/mol. The summed E-state index contributed by atoms with van der Waals surface area (Å²) in [6.07, 6.45) is 0. The maximum Gasteiger partial charge on any atom is 0.264 e. The van der Waals surface area contributed by atoms with E-state index >= 15 is 0 Å². The molecule has 3 rings (SSSR count). The Morgan fingerprint density at radius 3 is 2.67 bits per heavy atom. The van der Waals surface area contributed by atoms with E-state index in [1.807, 2.05) is 25.1 Å². The van der Waals surface area contributed by atoms with Gasteiger partial charge in [0.25, 0.3) is 5.91 Å². The Bertz CT molecular complexity index is 970. The van der Waals surface area contributed by atoms with Crippen LogP contribution in [0.3, 0.4) is 0 Å². The fourth-order valence-electron chi connectivity index (χ4n) is 2.39. The summed E-state index contributed by atoms with van der Waals surface area (Å²) < 4.78 is 11.9. The highest BCUT2D eigenvalue weighted by atomic mass is 32.1. The second kappa shape index (κ2) is 8.50. The van der Waals surface area contributed by atoms with Gasteiger partial charge in [-0.25, -0.2) is 4.98 Å². The molecule has 27 heavy (non-hydrogen) atoms. The lowest BCUT2D eigenvalue weighted by atomic mass is 10.3. The number of benzene rings is 2. The van der Waals surface area contributed by atoms with Crippen LogP contribution < -0.4 is 20.1 Å². The minimum Gasteiger partial charge on any atom is -0.494 e. The largest absolute Gasteiger partial charge is 0.494 e. The van der Waals surface area contributed by atoms with Gasteiger partial charge in [0, 0.05) is 18.7 Å². The van der Waals surface area contributed by atoms with Crippen molar-refractivity contribution in [3.63, 3.8) is 0 Å². The monoisotopic (exact) mass is 385 g/mol. The zero-order valence-electron chi connectivity index (χ0n) is 14.9. The molecule has 0 spiro atoms. The maximum absolute atomic E-state index is 12.1. The van der Waals surface area contributed by atoms with Gasteiger partial charge in [0.05, 0.1) is 16.8 Å². The van der Waals surface area contributed by atoms with E-state index in [4.69, 9.17) is 9.47 Å². The van der Waals surface area contributed by atoms with Crippen LogP contribution in [0, 0.1) is 0 Å². The van der Waals surface area contributed by atoms with E-state index in [0.717, 1.165) is 16.0 Å². The first kappa shape index (κ1) is 18.7. The Balaban J connectivity index is 1.59. The van der Waals surface area contributed by atoms with Crippen molar-refractivity contribution in [3.05, 3.63) is 42.5 Å². The highest BCUT2D eigenvalue weighted by Gasteiger charge is 2.10. The summed E-state index contributed by atoms with van der Waals surface area (Å²) in [6, 6.07) is 12.5. The van der Waals surface area contributed by atoms with Crippen LogP contribution >= 0.6 is 11.3 Å². The van der Waals surface area contributed by atoms with Crippen molar-refractivity contribution in [3.8, 4) is 11.5 Å². The molecule has 0 bridgehead atoms. The number of carbonyl (C=O) groups excluding carboxylic acids is 2. The van der Waals surface area contributed by atoms with Crippen molar-refractivity contribution < 1.29 is 19.1 Å². The van der Waals surface area contributed by atoms with Crippen molar-refractivity contribution in [1.82, 2.24) is 4.98 Å². The van der Waals surface area contributed by atoms with Crippen LogP contribution in [0.2, 0.25) is 0 Å². The molecule has 3 aromatic rings. The molecule has 1 aromatic heterocycles. The summed E-state index contributed by atoms with van der Waals surface area (Å²) in [7, 11) is 0. The molecule has 7 nitrogen and oxygen atoms in total. The lowest BCUT2D eigenvalue weighted by molar-refractivity contribution is -0.118. The Kier molecular flexibility index (Phi) is 5.87. The van der Waals surface area contributed by atoms with Crippen molar-refractivity contribution in [2.45, 2.75) is 13.8 Å². The second-order valence-electron chi connectivity index (χ2n) is 5.63. The minimum atomic E-state index is -0.316. The summed E-state index contributed by atoms with van der Waals surface area (Å²) in [5.41, 5.74) is 1.40. The van der Waals surface area contributed by atoms with E-state index in [1.165, 1.54) is 18.3 Å². The third kappa shape index (κ3) is 5.18. The van der Waals surface area contributed by atoms with Gasteiger partial charge in [0.2, 0.25) is 5.91 Å². The molecular formula is C19H19N3O4S. The molecule has 0 aliphatic heterocycles. The Hall–Kier alpha value is -3.13. The number of hydrogen-bond donors (Lipinski definition) is 2. The first-order valence-corrected chi connectivity index (χ1v) is 9.19. The standard InChI is InChI=1S/C19H19N3O4S/c1-3-25-15-7-8-16-17(10-15)27-19(21-16)22-18(24)11-26-14-6-4-5-13(9-14)20-12(2)23/h4-10H,3,11H2,1-2H3,(H,20,23)(H,21,22,24). The van der Waals surface area contributed by atoms with Crippen LogP contribution in [-0.4, -0.2) is 30.0 Å². The molecule has 0 fully saturated rings. The van der Waals surface area contributed by atoms with Crippen LogP contribution in [0.5, 0.6) is 11.5 Å².